The van der Waals surface area contributed by atoms with E-state index >= 15 is 0 Å². The van der Waals surface area contributed by atoms with Crippen molar-refractivity contribution in [2.24, 2.45) is 0 Å². The summed E-state index contributed by atoms with van der Waals surface area (Å²) < 4.78 is 5.17. The van der Waals surface area contributed by atoms with Gasteiger partial charge in [0.15, 0.2) is 6.10 Å². The maximum Gasteiger partial charge on any atom is 0.338 e. The van der Waals surface area contributed by atoms with Crippen molar-refractivity contribution in [2.75, 3.05) is 5.32 Å². The molecule has 1 N–H and O–H groups in total. The van der Waals surface area contributed by atoms with Gasteiger partial charge in [-0.3, -0.25) is 14.9 Å². The molecule has 1 amide bonds. The van der Waals surface area contributed by atoms with Crippen LogP contribution in [0.4, 0.5) is 11.4 Å². The monoisotopic (exact) mass is 370 g/mol. The fourth-order valence-electron chi connectivity index (χ4n) is 2.46. The molecule has 0 bridgehead atoms. The van der Waals surface area contributed by atoms with Crippen LogP contribution in [-0.4, -0.2) is 22.9 Å². The number of amides is 1. The number of nitrogens with zero attached hydrogens (tertiary/aromatic N) is 1. The van der Waals surface area contributed by atoms with E-state index in [1.54, 1.807) is 12.1 Å². The molecule has 0 spiro atoms. The second-order valence-electron chi connectivity index (χ2n) is 6.57. The molecule has 7 heteroatoms. The van der Waals surface area contributed by atoms with Gasteiger partial charge in [-0.2, -0.15) is 0 Å². The Balaban J connectivity index is 2.00. The van der Waals surface area contributed by atoms with E-state index in [1.165, 1.54) is 32.0 Å². The fraction of sp³-hybridized carbons (Fsp3) is 0.300. The number of anilines is 1. The molecule has 27 heavy (non-hydrogen) atoms. The number of hydrogen-bond donors (Lipinski definition) is 1. The molecule has 2 aromatic rings. The molecule has 2 aromatic carbocycles. The van der Waals surface area contributed by atoms with E-state index in [0.29, 0.717) is 17.2 Å². The number of nitrogens with one attached hydrogen (secondary N) is 1. The van der Waals surface area contributed by atoms with E-state index < -0.39 is 22.9 Å². The van der Waals surface area contributed by atoms with E-state index in [2.05, 4.69) is 19.2 Å². The summed E-state index contributed by atoms with van der Waals surface area (Å²) in [4.78, 5) is 34.7. The molecule has 0 aromatic heterocycles. The van der Waals surface area contributed by atoms with E-state index in [4.69, 9.17) is 4.74 Å². The van der Waals surface area contributed by atoms with E-state index in [1.807, 2.05) is 12.1 Å². The highest BCUT2D eigenvalue weighted by molar-refractivity contribution is 5.97. The Hall–Kier alpha value is -3.22. The summed E-state index contributed by atoms with van der Waals surface area (Å²) in [5.74, 6) is -0.787. The zero-order chi connectivity index (χ0) is 20.1. The summed E-state index contributed by atoms with van der Waals surface area (Å²) >= 11 is 0. The summed E-state index contributed by atoms with van der Waals surface area (Å²) in [5, 5.41) is 13.5. The predicted octanol–water partition coefficient (Wildman–Crippen LogP) is 4.21. The molecule has 0 saturated carbocycles. The van der Waals surface area contributed by atoms with E-state index in [-0.39, 0.29) is 11.3 Å². The highest BCUT2D eigenvalue weighted by atomic mass is 16.6. The van der Waals surface area contributed by atoms with E-state index in [9.17, 15) is 19.7 Å². The number of rotatable bonds is 6. The maximum atomic E-state index is 12.2. The second kappa shape index (κ2) is 8.44. The predicted molar refractivity (Wildman–Crippen MR) is 102 cm³/mol. The molecule has 0 aliphatic heterocycles. The number of nitro benzene ring substituents is 1. The molecule has 0 aliphatic carbocycles. The van der Waals surface area contributed by atoms with Gasteiger partial charge >= 0.3 is 5.97 Å². The van der Waals surface area contributed by atoms with Crippen molar-refractivity contribution in [1.82, 2.24) is 0 Å². The van der Waals surface area contributed by atoms with Crippen LogP contribution in [0.3, 0.4) is 0 Å². The van der Waals surface area contributed by atoms with Crippen LogP contribution in [0.1, 0.15) is 48.2 Å². The number of esters is 1. The molecule has 0 fully saturated rings. The molecule has 7 nitrogen and oxygen atoms in total. The molecular weight excluding hydrogens is 348 g/mol. The van der Waals surface area contributed by atoms with Crippen molar-refractivity contribution in [3.63, 3.8) is 0 Å². The van der Waals surface area contributed by atoms with Gasteiger partial charge in [-0.1, -0.05) is 26.0 Å². The van der Waals surface area contributed by atoms with Crippen LogP contribution in [0.15, 0.2) is 42.5 Å². The van der Waals surface area contributed by atoms with Crippen molar-refractivity contribution < 1.29 is 19.2 Å². The lowest BCUT2D eigenvalue weighted by molar-refractivity contribution is -0.385. The molecular formula is C20H22N2O5. The number of carbonyl (C=O) groups excluding carboxylic acids is 2. The lowest BCUT2D eigenvalue weighted by Crippen LogP contribution is -2.30. The van der Waals surface area contributed by atoms with Gasteiger partial charge in [-0.15, -0.1) is 0 Å². The van der Waals surface area contributed by atoms with Gasteiger partial charge in [-0.25, -0.2) is 4.79 Å². The second-order valence-corrected chi connectivity index (χ2v) is 6.57. The van der Waals surface area contributed by atoms with Gasteiger partial charge in [0.1, 0.15) is 0 Å². The van der Waals surface area contributed by atoms with Gasteiger partial charge in [0.05, 0.1) is 10.5 Å². The summed E-state index contributed by atoms with van der Waals surface area (Å²) in [6.07, 6.45) is -1.02. The Kier molecular flexibility index (Phi) is 6.28. The first-order valence-electron chi connectivity index (χ1n) is 8.56. The molecule has 0 saturated heterocycles. The lowest BCUT2D eigenvalue weighted by atomic mass is 10.0. The van der Waals surface area contributed by atoms with Crippen molar-refractivity contribution >= 4 is 23.3 Å². The standard InChI is InChI=1S/C20H22N2O5/c1-12(2)15-5-8-17(9-6-15)21-19(23)14(4)27-20(24)16-7-10-18(22(25)26)13(3)11-16/h5-12,14H,1-4H3,(H,21,23)/t14-/m0/s1. The number of aryl methyl sites for hydroxylation is 1. The Morgan fingerprint density at radius 3 is 2.22 bits per heavy atom. The average molecular weight is 370 g/mol. The lowest BCUT2D eigenvalue weighted by Gasteiger charge is -2.14. The normalized spacial score (nSPS) is 11.7. The van der Waals surface area contributed by atoms with Crippen LogP contribution in [0.5, 0.6) is 0 Å². The zero-order valence-corrected chi connectivity index (χ0v) is 15.7. The van der Waals surface area contributed by atoms with Crippen LogP contribution in [0.25, 0.3) is 0 Å². The summed E-state index contributed by atoms with van der Waals surface area (Å²) in [5.41, 5.74) is 2.18. The third kappa shape index (κ3) is 5.13. The van der Waals surface area contributed by atoms with Crippen molar-refractivity contribution in [3.8, 4) is 0 Å². The summed E-state index contributed by atoms with van der Waals surface area (Å²) in [7, 11) is 0. The maximum absolute atomic E-state index is 12.2. The average Bonchev–Trinajstić information content (AvgIpc) is 2.61. The quantitative estimate of drug-likeness (QED) is 0.466. The first-order valence-corrected chi connectivity index (χ1v) is 8.56. The number of benzene rings is 2. The summed E-state index contributed by atoms with van der Waals surface area (Å²) in [6.45, 7) is 7.16. The zero-order valence-electron chi connectivity index (χ0n) is 15.7. The third-order valence-electron chi connectivity index (χ3n) is 4.13. The smallest absolute Gasteiger partial charge is 0.338 e. The number of hydrogen-bond acceptors (Lipinski definition) is 5. The van der Waals surface area contributed by atoms with Crippen LogP contribution in [0.2, 0.25) is 0 Å². The van der Waals surface area contributed by atoms with Crippen molar-refractivity contribution in [3.05, 3.63) is 69.3 Å². The minimum atomic E-state index is -1.02. The molecule has 142 valence electrons. The highest BCUT2D eigenvalue weighted by Gasteiger charge is 2.21. The number of ether oxygens (including phenoxy) is 1. The largest absolute Gasteiger partial charge is 0.449 e. The molecule has 0 unspecified atom stereocenters. The summed E-state index contributed by atoms with van der Waals surface area (Å²) in [6, 6.07) is 11.4. The first-order chi connectivity index (χ1) is 12.7. The van der Waals surface area contributed by atoms with Crippen LogP contribution < -0.4 is 5.32 Å². The third-order valence-corrected chi connectivity index (χ3v) is 4.13. The number of nitro groups is 1. The van der Waals surface area contributed by atoms with Gasteiger partial charge in [-0.05, 0) is 49.6 Å². The Labute approximate surface area is 157 Å². The SMILES string of the molecule is Cc1cc(C(=O)O[C@@H](C)C(=O)Nc2ccc(C(C)C)cc2)ccc1[N+](=O)[O-]. The molecule has 1 atom stereocenters. The highest BCUT2D eigenvalue weighted by Crippen LogP contribution is 2.20. The number of carbonyl (C=O) groups is 2. The fourth-order valence-corrected chi connectivity index (χ4v) is 2.46. The Morgan fingerprint density at radius 1 is 1.07 bits per heavy atom. The first kappa shape index (κ1) is 20.1. The van der Waals surface area contributed by atoms with E-state index in [0.717, 1.165) is 5.56 Å². The Bertz CT molecular complexity index is 859. The minimum Gasteiger partial charge on any atom is -0.449 e. The van der Waals surface area contributed by atoms with Gasteiger partial charge in [0.25, 0.3) is 11.6 Å². The molecule has 0 aliphatic rings. The molecule has 0 heterocycles. The minimum absolute atomic E-state index is 0.0813. The van der Waals surface area contributed by atoms with Crippen LogP contribution >= 0.6 is 0 Å². The van der Waals surface area contributed by atoms with Gasteiger partial charge in [0, 0.05) is 17.3 Å². The Morgan fingerprint density at radius 2 is 1.70 bits per heavy atom. The van der Waals surface area contributed by atoms with Gasteiger partial charge in [0.2, 0.25) is 0 Å². The van der Waals surface area contributed by atoms with Crippen molar-refractivity contribution in [1.29, 1.82) is 0 Å². The molecule has 0 radical (unpaired) electrons. The van der Waals surface area contributed by atoms with Crippen LogP contribution in [-0.2, 0) is 9.53 Å². The topological polar surface area (TPSA) is 98.5 Å². The van der Waals surface area contributed by atoms with Gasteiger partial charge < -0.3 is 10.1 Å². The van der Waals surface area contributed by atoms with Crippen LogP contribution in [0, 0.1) is 17.0 Å². The van der Waals surface area contributed by atoms with Crippen molar-refractivity contribution in [2.45, 2.75) is 39.7 Å². The molecule has 2 rings (SSSR count).